The lowest BCUT2D eigenvalue weighted by molar-refractivity contribution is 0.270. The van der Waals surface area contributed by atoms with Crippen molar-refractivity contribution < 1.29 is 10.2 Å². The lowest BCUT2D eigenvalue weighted by Crippen LogP contribution is -1.89. The van der Waals surface area contributed by atoms with Gasteiger partial charge in [-0.05, 0) is 0 Å². The maximum absolute atomic E-state index is 9.18. The summed E-state index contributed by atoms with van der Waals surface area (Å²) in [4.78, 5) is 9.29. The zero-order valence-corrected chi connectivity index (χ0v) is 10.2. The largest absolute Gasteiger partial charge is 0.390 e. The van der Waals surface area contributed by atoms with Crippen LogP contribution in [-0.2, 0) is 13.2 Å². The number of nitrogens with zero attached hydrogens (tertiary/aromatic N) is 2. The third kappa shape index (κ3) is 2.07. The van der Waals surface area contributed by atoms with Crippen molar-refractivity contribution in [1.82, 2.24) is 9.97 Å². The number of aliphatic hydroxyl groups excluding tert-OH is 2. The molecule has 2 aromatic rings. The standard InChI is InChI=1S/C9H11N3O2S2/c1-10-9-12-6(4-15-9)8-5(2-13)11-7(3-14)16-8/h4,13-14H,2-3H2,1H3,(H,10,12). The van der Waals surface area contributed by atoms with E-state index in [1.165, 1.54) is 22.7 Å². The van der Waals surface area contributed by atoms with Gasteiger partial charge in [0.15, 0.2) is 5.13 Å². The van der Waals surface area contributed by atoms with Gasteiger partial charge in [-0.1, -0.05) is 0 Å². The molecule has 0 amide bonds. The van der Waals surface area contributed by atoms with Crippen LogP contribution < -0.4 is 5.32 Å². The SMILES string of the molecule is CNc1nc(-c2sc(CO)nc2CO)cs1. The average molecular weight is 257 g/mol. The number of aromatic nitrogens is 2. The second-order valence-corrected chi connectivity index (χ2v) is 4.93. The Morgan fingerprint density at radius 2 is 2.12 bits per heavy atom. The Balaban J connectivity index is 2.41. The quantitative estimate of drug-likeness (QED) is 0.769. The van der Waals surface area contributed by atoms with Crippen LogP contribution in [0.2, 0.25) is 0 Å². The van der Waals surface area contributed by atoms with Gasteiger partial charge >= 0.3 is 0 Å². The Hall–Kier alpha value is -1.02. The molecule has 0 saturated carbocycles. The molecule has 2 heterocycles. The molecule has 0 bridgehead atoms. The molecule has 0 unspecified atom stereocenters. The number of hydrogen-bond donors (Lipinski definition) is 3. The normalized spacial score (nSPS) is 10.7. The van der Waals surface area contributed by atoms with E-state index in [0.29, 0.717) is 10.7 Å². The monoisotopic (exact) mass is 257 g/mol. The summed E-state index contributed by atoms with van der Waals surface area (Å²) in [6.07, 6.45) is 0. The fourth-order valence-corrected chi connectivity index (χ4v) is 2.90. The molecule has 0 aliphatic rings. The molecule has 5 nitrogen and oxygen atoms in total. The van der Waals surface area contributed by atoms with Crippen LogP contribution in [0.15, 0.2) is 5.38 Å². The number of hydrogen-bond acceptors (Lipinski definition) is 7. The first-order valence-corrected chi connectivity index (χ1v) is 6.32. The number of nitrogens with one attached hydrogen (secondary N) is 1. The molecule has 16 heavy (non-hydrogen) atoms. The second-order valence-electron chi connectivity index (χ2n) is 2.99. The summed E-state index contributed by atoms with van der Waals surface area (Å²) in [5, 5.41) is 24.5. The molecule has 0 atom stereocenters. The molecule has 0 aromatic carbocycles. The summed E-state index contributed by atoms with van der Waals surface area (Å²) in [7, 11) is 1.81. The second kappa shape index (κ2) is 4.88. The fourth-order valence-electron chi connectivity index (χ4n) is 1.27. The van der Waals surface area contributed by atoms with Crippen LogP contribution in [0.1, 0.15) is 10.7 Å². The highest BCUT2D eigenvalue weighted by atomic mass is 32.1. The number of anilines is 1. The van der Waals surface area contributed by atoms with Gasteiger partial charge in [0.05, 0.1) is 29.5 Å². The molecule has 86 valence electrons. The lowest BCUT2D eigenvalue weighted by atomic mass is 10.3. The van der Waals surface area contributed by atoms with Gasteiger partial charge < -0.3 is 15.5 Å². The van der Waals surface area contributed by atoms with E-state index in [2.05, 4.69) is 15.3 Å². The van der Waals surface area contributed by atoms with Crippen LogP contribution in [-0.4, -0.2) is 27.2 Å². The fraction of sp³-hybridized carbons (Fsp3) is 0.333. The van der Waals surface area contributed by atoms with E-state index in [1.54, 1.807) is 7.05 Å². The van der Waals surface area contributed by atoms with Crippen LogP contribution in [0.4, 0.5) is 5.13 Å². The van der Waals surface area contributed by atoms with Crippen LogP contribution in [0.25, 0.3) is 10.6 Å². The highest BCUT2D eigenvalue weighted by Crippen LogP contribution is 2.32. The zero-order valence-electron chi connectivity index (χ0n) is 8.60. The minimum atomic E-state index is -0.141. The summed E-state index contributed by atoms with van der Waals surface area (Å²) in [5.41, 5.74) is 1.36. The van der Waals surface area contributed by atoms with Gasteiger partial charge in [-0.2, -0.15) is 0 Å². The number of rotatable bonds is 4. The molecule has 7 heteroatoms. The zero-order chi connectivity index (χ0) is 11.5. The topological polar surface area (TPSA) is 78.3 Å². The first kappa shape index (κ1) is 11.5. The molecule has 2 aromatic heterocycles. The smallest absolute Gasteiger partial charge is 0.182 e. The average Bonchev–Trinajstić information content (AvgIpc) is 2.94. The predicted molar refractivity (Wildman–Crippen MR) is 64.6 cm³/mol. The highest BCUT2D eigenvalue weighted by Gasteiger charge is 2.14. The van der Waals surface area contributed by atoms with E-state index < -0.39 is 0 Å². The minimum Gasteiger partial charge on any atom is -0.390 e. The van der Waals surface area contributed by atoms with Gasteiger partial charge in [0.25, 0.3) is 0 Å². The van der Waals surface area contributed by atoms with Gasteiger partial charge in [-0.3, -0.25) is 0 Å². The van der Waals surface area contributed by atoms with Gasteiger partial charge in [0.2, 0.25) is 0 Å². The van der Waals surface area contributed by atoms with Gasteiger partial charge in [0.1, 0.15) is 5.01 Å². The lowest BCUT2D eigenvalue weighted by Gasteiger charge is -1.93. The summed E-state index contributed by atoms with van der Waals surface area (Å²) >= 11 is 2.85. The molecule has 0 radical (unpaired) electrons. The van der Waals surface area contributed by atoms with Crippen molar-refractivity contribution >= 4 is 27.8 Å². The Morgan fingerprint density at radius 1 is 1.31 bits per heavy atom. The van der Waals surface area contributed by atoms with Crippen molar-refractivity contribution in [3.8, 4) is 10.6 Å². The molecule has 0 fully saturated rings. The van der Waals surface area contributed by atoms with Crippen LogP contribution in [0.5, 0.6) is 0 Å². The summed E-state index contributed by atoms with van der Waals surface area (Å²) in [6.45, 7) is -0.251. The Labute approximate surface area is 100 Å². The highest BCUT2D eigenvalue weighted by molar-refractivity contribution is 7.16. The Kier molecular flexibility index (Phi) is 3.49. The molecule has 0 aliphatic heterocycles. The van der Waals surface area contributed by atoms with Crippen LogP contribution in [0.3, 0.4) is 0 Å². The van der Waals surface area contributed by atoms with Crippen molar-refractivity contribution in [2.75, 3.05) is 12.4 Å². The van der Waals surface area contributed by atoms with E-state index in [1.807, 2.05) is 5.38 Å². The first-order chi connectivity index (χ1) is 7.78. The van der Waals surface area contributed by atoms with Crippen molar-refractivity contribution in [1.29, 1.82) is 0 Å². The molecule has 3 N–H and O–H groups in total. The minimum absolute atomic E-state index is 0.110. The molecule has 0 spiro atoms. The predicted octanol–water partition coefficient (Wildman–Crippen LogP) is 1.29. The van der Waals surface area contributed by atoms with Crippen LogP contribution in [0, 0.1) is 0 Å². The molecular formula is C9H11N3O2S2. The van der Waals surface area contributed by atoms with Crippen molar-refractivity contribution in [3.05, 3.63) is 16.1 Å². The van der Waals surface area contributed by atoms with E-state index in [9.17, 15) is 5.11 Å². The maximum atomic E-state index is 9.18. The van der Waals surface area contributed by atoms with Crippen molar-refractivity contribution in [2.24, 2.45) is 0 Å². The Morgan fingerprint density at radius 3 is 2.69 bits per heavy atom. The summed E-state index contributed by atoms with van der Waals surface area (Å²) in [6, 6.07) is 0. The third-order valence-electron chi connectivity index (χ3n) is 1.98. The van der Waals surface area contributed by atoms with E-state index >= 15 is 0 Å². The van der Waals surface area contributed by atoms with E-state index in [0.717, 1.165) is 15.7 Å². The van der Waals surface area contributed by atoms with Gasteiger partial charge in [0, 0.05) is 12.4 Å². The van der Waals surface area contributed by atoms with Crippen molar-refractivity contribution in [3.63, 3.8) is 0 Å². The Bertz CT molecular complexity index is 481. The van der Waals surface area contributed by atoms with Gasteiger partial charge in [-0.15, -0.1) is 22.7 Å². The number of thiazole rings is 2. The molecular weight excluding hydrogens is 246 g/mol. The molecule has 0 saturated heterocycles. The van der Waals surface area contributed by atoms with Crippen molar-refractivity contribution in [2.45, 2.75) is 13.2 Å². The summed E-state index contributed by atoms with van der Waals surface area (Å²) < 4.78 is 0. The maximum Gasteiger partial charge on any atom is 0.182 e. The molecule has 0 aliphatic carbocycles. The van der Waals surface area contributed by atoms with E-state index in [4.69, 9.17) is 5.11 Å². The van der Waals surface area contributed by atoms with Crippen LogP contribution >= 0.6 is 22.7 Å². The number of aliphatic hydroxyl groups is 2. The van der Waals surface area contributed by atoms with Gasteiger partial charge in [-0.25, -0.2) is 9.97 Å². The summed E-state index contributed by atoms with van der Waals surface area (Å²) in [5.74, 6) is 0. The first-order valence-electron chi connectivity index (χ1n) is 4.62. The molecule has 2 rings (SSSR count). The third-order valence-corrected chi connectivity index (χ3v) is 3.94. The van der Waals surface area contributed by atoms with E-state index in [-0.39, 0.29) is 13.2 Å².